The number of benzene rings is 1. The highest BCUT2D eigenvalue weighted by Crippen LogP contribution is 2.27. The summed E-state index contributed by atoms with van der Waals surface area (Å²) in [5.74, 6) is -0.734. The minimum atomic E-state index is -1.10. The molecule has 2 rings (SSSR count). The number of carbonyl (C=O) groups excluding carboxylic acids is 2. The fourth-order valence-corrected chi connectivity index (χ4v) is 4.06. The first-order valence-corrected chi connectivity index (χ1v) is 11.1. The van der Waals surface area contributed by atoms with E-state index in [4.69, 9.17) is 0 Å². The van der Waals surface area contributed by atoms with Crippen LogP contribution in [-0.4, -0.2) is 40.7 Å². The van der Waals surface area contributed by atoms with E-state index in [1.807, 2.05) is 30.3 Å². The Bertz CT molecular complexity index is 662. The molecule has 2 amide bonds. The first kappa shape index (κ1) is 23.3. The Labute approximate surface area is 178 Å². The lowest BCUT2D eigenvalue weighted by Crippen LogP contribution is -2.52. The van der Waals surface area contributed by atoms with Gasteiger partial charge in [0.05, 0.1) is 0 Å². The van der Waals surface area contributed by atoms with Crippen molar-refractivity contribution in [3.8, 4) is 0 Å². The number of hydrogen-bond acceptors (Lipinski definition) is 4. The number of rotatable bonds is 11. The first-order valence-electron chi connectivity index (χ1n) is 10.5. The second kappa shape index (κ2) is 12.5. The van der Waals surface area contributed by atoms with E-state index in [1.165, 1.54) is 32.1 Å². The molecule has 2 atom stereocenters. The number of hydrogen-bond donors (Lipinski definition) is 4. The van der Waals surface area contributed by atoms with Crippen molar-refractivity contribution in [1.82, 2.24) is 10.6 Å². The fourth-order valence-electron chi connectivity index (χ4n) is 3.80. The molecule has 6 nitrogen and oxygen atoms in total. The Morgan fingerprint density at radius 3 is 2.34 bits per heavy atom. The van der Waals surface area contributed by atoms with Gasteiger partial charge < -0.3 is 15.7 Å². The highest BCUT2D eigenvalue weighted by atomic mass is 32.1. The van der Waals surface area contributed by atoms with Crippen molar-refractivity contribution in [3.63, 3.8) is 0 Å². The zero-order chi connectivity index (χ0) is 21.1. The third kappa shape index (κ3) is 8.48. The molecule has 29 heavy (non-hydrogen) atoms. The van der Waals surface area contributed by atoms with E-state index in [-0.39, 0.29) is 12.3 Å². The Balaban J connectivity index is 1.88. The summed E-state index contributed by atoms with van der Waals surface area (Å²) in [7, 11) is 0. The molecular formula is C22H32N2O4S. The molecule has 0 bridgehead atoms. The number of carboxylic acids is 1. The van der Waals surface area contributed by atoms with Crippen LogP contribution in [0.5, 0.6) is 0 Å². The van der Waals surface area contributed by atoms with Gasteiger partial charge in [-0.25, -0.2) is 4.79 Å². The Kier molecular flexibility index (Phi) is 10.0. The summed E-state index contributed by atoms with van der Waals surface area (Å²) in [6, 6.07) is 7.32. The van der Waals surface area contributed by atoms with Crippen molar-refractivity contribution in [1.29, 1.82) is 0 Å². The molecule has 0 saturated heterocycles. The van der Waals surface area contributed by atoms with Gasteiger partial charge in [0.25, 0.3) is 0 Å². The van der Waals surface area contributed by atoms with E-state index < -0.39 is 24.0 Å². The number of amides is 2. The van der Waals surface area contributed by atoms with Crippen LogP contribution in [-0.2, 0) is 20.8 Å². The lowest BCUT2D eigenvalue weighted by molar-refractivity contribution is -0.142. The molecule has 160 valence electrons. The van der Waals surface area contributed by atoms with Crippen LogP contribution in [0.4, 0.5) is 0 Å². The molecule has 0 radical (unpaired) electrons. The number of aliphatic carboxylic acids is 1. The Morgan fingerprint density at radius 1 is 1.03 bits per heavy atom. The number of carbonyl (C=O) groups is 3. The predicted octanol–water partition coefficient (Wildman–Crippen LogP) is 2.96. The summed E-state index contributed by atoms with van der Waals surface area (Å²) in [5.41, 5.74) is 0.822. The molecule has 0 heterocycles. The van der Waals surface area contributed by atoms with Crippen LogP contribution >= 0.6 is 12.6 Å². The van der Waals surface area contributed by atoms with E-state index in [1.54, 1.807) is 0 Å². The average molecular weight is 421 g/mol. The standard InChI is InChI=1S/C22H32N2O4S/c25-20(12-11-16-7-3-1-4-8-16)23-18(13-14-29)21(26)24-19(22(27)28)15-17-9-5-2-6-10-17/h2,5-6,9-10,16,18-19,29H,1,3-4,7-8,11-15H2,(H,23,25)(H,24,26)(H,27,28)/t18?,19-/m1/s1. The van der Waals surface area contributed by atoms with E-state index >= 15 is 0 Å². The molecule has 0 aliphatic heterocycles. The Morgan fingerprint density at radius 2 is 1.72 bits per heavy atom. The van der Waals surface area contributed by atoms with Gasteiger partial charge in [-0.15, -0.1) is 0 Å². The van der Waals surface area contributed by atoms with E-state index in [9.17, 15) is 19.5 Å². The third-order valence-corrected chi connectivity index (χ3v) is 5.73. The lowest BCUT2D eigenvalue weighted by atomic mass is 9.86. The van der Waals surface area contributed by atoms with Crippen molar-refractivity contribution in [2.75, 3.05) is 5.75 Å². The Hall–Kier alpha value is -2.02. The zero-order valence-electron chi connectivity index (χ0n) is 16.8. The summed E-state index contributed by atoms with van der Waals surface area (Å²) < 4.78 is 0. The largest absolute Gasteiger partial charge is 0.480 e. The summed E-state index contributed by atoms with van der Waals surface area (Å²) in [5, 5.41) is 14.8. The van der Waals surface area contributed by atoms with Crippen molar-refractivity contribution in [2.45, 2.75) is 69.9 Å². The van der Waals surface area contributed by atoms with Gasteiger partial charge >= 0.3 is 5.97 Å². The molecule has 1 saturated carbocycles. The van der Waals surface area contributed by atoms with Gasteiger partial charge in [0.15, 0.2) is 0 Å². The molecule has 3 N–H and O–H groups in total. The quantitative estimate of drug-likeness (QED) is 0.414. The summed E-state index contributed by atoms with van der Waals surface area (Å²) in [4.78, 5) is 36.6. The molecule has 0 aromatic heterocycles. The van der Waals surface area contributed by atoms with Crippen LogP contribution in [0.1, 0.15) is 56.9 Å². The number of carboxylic acid groups (broad SMARTS) is 1. The van der Waals surface area contributed by atoms with Gasteiger partial charge in [0.2, 0.25) is 11.8 Å². The van der Waals surface area contributed by atoms with Crippen molar-refractivity contribution < 1.29 is 19.5 Å². The smallest absolute Gasteiger partial charge is 0.326 e. The van der Waals surface area contributed by atoms with Crippen LogP contribution in [0.2, 0.25) is 0 Å². The monoisotopic (exact) mass is 420 g/mol. The van der Waals surface area contributed by atoms with Crippen molar-refractivity contribution in [2.24, 2.45) is 5.92 Å². The van der Waals surface area contributed by atoms with Crippen molar-refractivity contribution in [3.05, 3.63) is 35.9 Å². The summed E-state index contributed by atoms with van der Waals surface area (Å²) >= 11 is 4.18. The van der Waals surface area contributed by atoms with Crippen LogP contribution in [0.3, 0.4) is 0 Å². The molecule has 1 aromatic rings. The minimum absolute atomic E-state index is 0.160. The topological polar surface area (TPSA) is 95.5 Å². The highest BCUT2D eigenvalue weighted by molar-refractivity contribution is 7.80. The van der Waals surface area contributed by atoms with Crippen LogP contribution in [0.25, 0.3) is 0 Å². The maximum Gasteiger partial charge on any atom is 0.326 e. The summed E-state index contributed by atoms with van der Waals surface area (Å²) in [6.07, 6.45) is 7.86. The predicted molar refractivity (Wildman–Crippen MR) is 116 cm³/mol. The van der Waals surface area contributed by atoms with E-state index in [0.717, 1.165) is 12.0 Å². The first-order chi connectivity index (χ1) is 14.0. The zero-order valence-corrected chi connectivity index (χ0v) is 17.7. The molecule has 1 aliphatic carbocycles. The van der Waals surface area contributed by atoms with Gasteiger partial charge in [-0.2, -0.15) is 12.6 Å². The molecule has 1 aliphatic rings. The van der Waals surface area contributed by atoms with Gasteiger partial charge in [-0.05, 0) is 30.1 Å². The van der Waals surface area contributed by atoms with Crippen LogP contribution in [0, 0.1) is 5.92 Å². The van der Waals surface area contributed by atoms with Gasteiger partial charge in [-0.3, -0.25) is 9.59 Å². The number of nitrogens with one attached hydrogen (secondary N) is 2. The molecule has 1 unspecified atom stereocenters. The number of thiol groups is 1. The highest BCUT2D eigenvalue weighted by Gasteiger charge is 2.26. The average Bonchev–Trinajstić information content (AvgIpc) is 2.73. The SMILES string of the molecule is O=C(CCC1CCCCC1)NC(CCS)C(=O)N[C@H](Cc1ccccc1)C(=O)O. The van der Waals surface area contributed by atoms with Crippen LogP contribution in [0.15, 0.2) is 30.3 Å². The second-order valence-electron chi connectivity index (χ2n) is 7.76. The van der Waals surface area contributed by atoms with Gasteiger partial charge in [0.1, 0.15) is 12.1 Å². The van der Waals surface area contributed by atoms with E-state index in [2.05, 4.69) is 23.3 Å². The maximum atomic E-state index is 12.7. The van der Waals surface area contributed by atoms with Crippen LogP contribution < -0.4 is 10.6 Å². The second-order valence-corrected chi connectivity index (χ2v) is 8.21. The molecular weight excluding hydrogens is 388 g/mol. The molecule has 1 fully saturated rings. The molecule has 1 aromatic carbocycles. The fraction of sp³-hybridized carbons (Fsp3) is 0.591. The normalized spacial score (nSPS) is 16.6. The molecule has 7 heteroatoms. The summed E-state index contributed by atoms with van der Waals surface area (Å²) in [6.45, 7) is 0. The molecule has 0 spiro atoms. The maximum absolute atomic E-state index is 12.7. The lowest BCUT2D eigenvalue weighted by Gasteiger charge is -2.23. The van der Waals surface area contributed by atoms with Gasteiger partial charge in [0, 0.05) is 12.8 Å². The van der Waals surface area contributed by atoms with E-state index in [0.29, 0.717) is 24.5 Å². The minimum Gasteiger partial charge on any atom is -0.480 e. The third-order valence-electron chi connectivity index (χ3n) is 5.47. The van der Waals surface area contributed by atoms with Crippen molar-refractivity contribution >= 4 is 30.4 Å². The van der Waals surface area contributed by atoms with Gasteiger partial charge in [-0.1, -0.05) is 62.4 Å².